The average molecular weight is 487 g/mol. The van der Waals surface area contributed by atoms with E-state index in [1.807, 2.05) is 12.1 Å². The Balaban J connectivity index is 1.55. The summed E-state index contributed by atoms with van der Waals surface area (Å²) in [7, 11) is 0. The molecular formula is C21H13BrF2N4O3. The fraction of sp³-hybridized carbons (Fsp3) is 0.0476. The molecule has 0 spiro atoms. The van der Waals surface area contributed by atoms with E-state index in [-0.39, 0.29) is 17.1 Å². The van der Waals surface area contributed by atoms with Gasteiger partial charge in [-0.25, -0.2) is 8.78 Å². The second kappa shape index (κ2) is 8.60. The van der Waals surface area contributed by atoms with Crippen molar-refractivity contribution in [3.63, 3.8) is 0 Å². The van der Waals surface area contributed by atoms with E-state index in [0.717, 1.165) is 21.2 Å². The van der Waals surface area contributed by atoms with Crippen molar-refractivity contribution in [3.8, 4) is 22.8 Å². The first-order chi connectivity index (χ1) is 14.9. The molecule has 1 amide bonds. The summed E-state index contributed by atoms with van der Waals surface area (Å²) >= 11 is 3.35. The molecule has 2 heterocycles. The molecule has 4 rings (SSSR count). The van der Waals surface area contributed by atoms with Crippen molar-refractivity contribution < 1.29 is 18.1 Å². The number of hydrogen-bond acceptors (Lipinski definition) is 5. The number of carbonyl (C=O) groups is 1. The monoisotopic (exact) mass is 486 g/mol. The molecule has 31 heavy (non-hydrogen) atoms. The lowest BCUT2D eigenvalue weighted by molar-refractivity contribution is -0.116. The smallest absolute Gasteiger partial charge is 0.263 e. The summed E-state index contributed by atoms with van der Waals surface area (Å²) in [5.41, 5.74) is 0.0872. The van der Waals surface area contributed by atoms with Crippen LogP contribution in [0.4, 0.5) is 14.5 Å². The molecule has 1 N–H and O–H groups in total. The van der Waals surface area contributed by atoms with Crippen molar-refractivity contribution in [2.45, 2.75) is 6.54 Å². The largest absolute Gasteiger partial charge is 0.333 e. The molecule has 0 aliphatic rings. The van der Waals surface area contributed by atoms with E-state index in [1.165, 1.54) is 12.3 Å². The maximum Gasteiger partial charge on any atom is 0.263 e. The number of aromatic nitrogens is 3. The van der Waals surface area contributed by atoms with Crippen molar-refractivity contribution in [1.29, 1.82) is 0 Å². The lowest BCUT2D eigenvalue weighted by Crippen LogP contribution is -2.28. The van der Waals surface area contributed by atoms with E-state index >= 15 is 0 Å². The number of rotatable bonds is 5. The van der Waals surface area contributed by atoms with E-state index in [0.29, 0.717) is 17.5 Å². The number of nitrogens with zero attached hydrogens (tertiary/aromatic N) is 3. The highest BCUT2D eigenvalue weighted by molar-refractivity contribution is 9.10. The lowest BCUT2D eigenvalue weighted by Gasteiger charge is -2.09. The Morgan fingerprint density at radius 2 is 1.90 bits per heavy atom. The maximum atomic E-state index is 13.7. The zero-order chi connectivity index (χ0) is 22.0. The molecule has 0 bridgehead atoms. The number of benzene rings is 2. The van der Waals surface area contributed by atoms with E-state index in [2.05, 4.69) is 31.4 Å². The van der Waals surface area contributed by atoms with Gasteiger partial charge in [0.2, 0.25) is 11.7 Å². The van der Waals surface area contributed by atoms with Gasteiger partial charge < -0.3 is 14.4 Å². The minimum absolute atomic E-state index is 0.00209. The van der Waals surface area contributed by atoms with E-state index in [1.54, 1.807) is 18.2 Å². The number of pyridine rings is 1. The number of carbonyl (C=O) groups excluding carboxylic acids is 1. The van der Waals surface area contributed by atoms with Gasteiger partial charge in [-0.15, -0.1) is 0 Å². The van der Waals surface area contributed by atoms with Crippen LogP contribution in [-0.2, 0) is 11.3 Å². The summed E-state index contributed by atoms with van der Waals surface area (Å²) in [5.74, 6) is -2.03. The molecule has 0 aliphatic heterocycles. The second-order valence-corrected chi connectivity index (χ2v) is 7.37. The van der Waals surface area contributed by atoms with E-state index in [9.17, 15) is 18.4 Å². The quantitative estimate of drug-likeness (QED) is 0.455. The fourth-order valence-corrected chi connectivity index (χ4v) is 3.07. The normalized spacial score (nSPS) is 10.8. The van der Waals surface area contributed by atoms with Crippen molar-refractivity contribution >= 4 is 27.5 Å². The fourth-order valence-electron chi connectivity index (χ4n) is 2.81. The minimum Gasteiger partial charge on any atom is -0.333 e. The molecule has 0 unspecified atom stereocenters. The molecule has 2 aromatic heterocycles. The van der Waals surface area contributed by atoms with Crippen LogP contribution in [0.1, 0.15) is 0 Å². The molecule has 0 saturated heterocycles. The van der Waals surface area contributed by atoms with Gasteiger partial charge in [0.05, 0.1) is 5.69 Å². The van der Waals surface area contributed by atoms with E-state index in [4.69, 9.17) is 4.52 Å². The van der Waals surface area contributed by atoms with Crippen LogP contribution < -0.4 is 10.9 Å². The van der Waals surface area contributed by atoms with Crippen LogP contribution in [0.15, 0.2) is 74.6 Å². The predicted molar refractivity (Wildman–Crippen MR) is 112 cm³/mol. The van der Waals surface area contributed by atoms with Gasteiger partial charge >= 0.3 is 0 Å². The Kier molecular flexibility index (Phi) is 5.72. The van der Waals surface area contributed by atoms with Gasteiger partial charge in [-0.1, -0.05) is 21.1 Å². The van der Waals surface area contributed by atoms with Crippen molar-refractivity contribution in [1.82, 2.24) is 14.7 Å². The van der Waals surface area contributed by atoms with Crippen LogP contribution in [-0.4, -0.2) is 20.6 Å². The molecule has 0 aliphatic carbocycles. The first kappa shape index (κ1) is 20.6. The number of anilines is 1. The van der Waals surface area contributed by atoms with Gasteiger partial charge in [0.15, 0.2) is 0 Å². The molecule has 0 saturated carbocycles. The molecule has 10 heteroatoms. The van der Waals surface area contributed by atoms with Crippen LogP contribution in [0, 0.1) is 11.6 Å². The molecule has 0 fully saturated rings. The van der Waals surface area contributed by atoms with Gasteiger partial charge in [0.25, 0.3) is 11.4 Å². The lowest BCUT2D eigenvalue weighted by atomic mass is 10.2. The molecule has 0 radical (unpaired) electrons. The zero-order valence-electron chi connectivity index (χ0n) is 15.7. The van der Waals surface area contributed by atoms with Gasteiger partial charge in [-0.2, -0.15) is 4.98 Å². The maximum absolute atomic E-state index is 13.7. The Morgan fingerprint density at radius 3 is 2.65 bits per heavy atom. The molecule has 4 aromatic rings. The van der Waals surface area contributed by atoms with Gasteiger partial charge in [-0.3, -0.25) is 9.59 Å². The highest BCUT2D eigenvalue weighted by Gasteiger charge is 2.16. The van der Waals surface area contributed by atoms with Crippen LogP contribution >= 0.6 is 15.9 Å². The topological polar surface area (TPSA) is 90.0 Å². The third-order valence-corrected chi connectivity index (χ3v) is 4.83. The van der Waals surface area contributed by atoms with Crippen LogP contribution in [0.5, 0.6) is 0 Å². The number of nitrogens with one attached hydrogen (secondary N) is 1. The highest BCUT2D eigenvalue weighted by atomic mass is 79.9. The number of hydrogen-bond donors (Lipinski definition) is 1. The SMILES string of the molecule is O=C(Cn1cccc(-c2nc(-c3ccc(Br)cc3)no2)c1=O)Nc1ccc(F)cc1F. The summed E-state index contributed by atoms with van der Waals surface area (Å²) in [4.78, 5) is 29.3. The zero-order valence-corrected chi connectivity index (χ0v) is 17.3. The van der Waals surface area contributed by atoms with Crippen molar-refractivity contribution in [2.75, 3.05) is 5.32 Å². The molecular weight excluding hydrogens is 474 g/mol. The summed E-state index contributed by atoms with van der Waals surface area (Å²) < 4.78 is 34.0. The Hall–Kier alpha value is -3.66. The first-order valence-corrected chi connectivity index (χ1v) is 9.74. The summed E-state index contributed by atoms with van der Waals surface area (Å²) in [5, 5.41) is 6.20. The van der Waals surface area contributed by atoms with Crippen molar-refractivity contribution in [3.05, 3.63) is 87.3 Å². The summed E-state index contributed by atoms with van der Waals surface area (Å²) in [6.07, 6.45) is 1.40. The molecule has 156 valence electrons. The average Bonchev–Trinajstić information content (AvgIpc) is 3.22. The predicted octanol–water partition coefficient (Wildman–Crippen LogP) is 4.24. The standard InChI is InChI=1S/C21H13BrF2N4O3/c22-13-5-3-12(4-6-13)19-26-20(31-27-19)15-2-1-9-28(21(15)30)11-18(29)25-17-8-7-14(23)10-16(17)24/h1-10H,11H2,(H,25,29). The van der Waals surface area contributed by atoms with Gasteiger partial charge in [0.1, 0.15) is 23.7 Å². The summed E-state index contributed by atoms with van der Waals surface area (Å²) in [6.45, 7) is -0.392. The van der Waals surface area contributed by atoms with Gasteiger partial charge in [-0.05, 0) is 48.5 Å². The van der Waals surface area contributed by atoms with Crippen LogP contribution in [0.25, 0.3) is 22.8 Å². The molecule has 2 aromatic carbocycles. The Morgan fingerprint density at radius 1 is 1.13 bits per heavy atom. The highest BCUT2D eigenvalue weighted by Crippen LogP contribution is 2.22. The minimum atomic E-state index is -0.916. The van der Waals surface area contributed by atoms with Crippen LogP contribution in [0.3, 0.4) is 0 Å². The molecule has 0 atom stereocenters. The third-order valence-electron chi connectivity index (χ3n) is 4.30. The third kappa shape index (κ3) is 4.58. The Labute approximate surface area is 182 Å². The van der Waals surface area contributed by atoms with Crippen molar-refractivity contribution in [2.24, 2.45) is 0 Å². The second-order valence-electron chi connectivity index (χ2n) is 6.46. The first-order valence-electron chi connectivity index (χ1n) is 8.95. The van der Waals surface area contributed by atoms with Crippen LogP contribution in [0.2, 0.25) is 0 Å². The van der Waals surface area contributed by atoms with E-state index < -0.39 is 29.6 Å². The number of halogens is 3. The molecule has 7 nitrogen and oxygen atoms in total. The number of amides is 1. The summed E-state index contributed by atoms with van der Waals surface area (Å²) in [6, 6.07) is 13.0. The Bertz CT molecular complexity index is 1320. The van der Waals surface area contributed by atoms with Gasteiger partial charge in [0, 0.05) is 22.3 Å².